The number of hydrogen-bond donors (Lipinski definition) is 4. The van der Waals surface area contributed by atoms with Crippen LogP contribution in [0.1, 0.15) is 49.4 Å². The average molecular weight is 427 g/mol. The highest BCUT2D eigenvalue weighted by molar-refractivity contribution is 6.07. The highest BCUT2D eigenvalue weighted by Crippen LogP contribution is 2.38. The van der Waals surface area contributed by atoms with E-state index in [9.17, 15) is 27.6 Å². The molecule has 1 aromatic heterocycles. The van der Waals surface area contributed by atoms with Crippen molar-refractivity contribution in [1.29, 1.82) is 0 Å². The van der Waals surface area contributed by atoms with Crippen LogP contribution in [0.2, 0.25) is 0 Å². The fraction of sp³-hybridized carbons (Fsp3) is 0.579. The van der Waals surface area contributed by atoms with E-state index in [1.807, 2.05) is 0 Å². The van der Waals surface area contributed by atoms with Gasteiger partial charge < -0.3 is 10.6 Å². The molecule has 164 valence electrons. The topological polar surface area (TPSA) is 112 Å². The zero-order chi connectivity index (χ0) is 21.9. The van der Waals surface area contributed by atoms with Crippen LogP contribution < -0.4 is 21.5 Å². The first kappa shape index (κ1) is 21.8. The van der Waals surface area contributed by atoms with Crippen molar-refractivity contribution in [3.63, 3.8) is 0 Å². The van der Waals surface area contributed by atoms with Crippen LogP contribution in [0, 0.1) is 11.3 Å². The summed E-state index contributed by atoms with van der Waals surface area (Å²) in [7, 11) is 0. The Morgan fingerprint density at radius 1 is 1.20 bits per heavy atom. The molecule has 1 atom stereocenters. The molecule has 1 saturated heterocycles. The number of hydrogen-bond acceptors (Lipinski definition) is 5. The minimum atomic E-state index is -4.19. The minimum absolute atomic E-state index is 0.0201. The van der Waals surface area contributed by atoms with Gasteiger partial charge in [0.25, 0.3) is 11.8 Å². The lowest BCUT2D eigenvalue weighted by atomic mass is 9.85. The molecule has 0 spiro atoms. The summed E-state index contributed by atoms with van der Waals surface area (Å²) in [6.45, 7) is 1.87. The number of aromatic nitrogens is 1. The molecule has 3 amide bonds. The van der Waals surface area contributed by atoms with Gasteiger partial charge in [-0.2, -0.15) is 13.2 Å². The molecule has 1 aromatic rings. The van der Waals surface area contributed by atoms with Gasteiger partial charge in [0.2, 0.25) is 5.91 Å². The van der Waals surface area contributed by atoms with Crippen molar-refractivity contribution in [3.8, 4) is 0 Å². The van der Waals surface area contributed by atoms with Crippen molar-refractivity contribution < 1.29 is 27.6 Å². The lowest BCUT2D eigenvalue weighted by Crippen LogP contribution is -2.51. The Bertz CT molecular complexity index is 824. The SMILES string of the molecule is CC1(C(=O)NNC(=O)c2cccnc2NC2CCC(C(F)(F)F)CC2)CCNC1=O. The summed E-state index contributed by atoms with van der Waals surface area (Å²) < 4.78 is 38.5. The van der Waals surface area contributed by atoms with Crippen LogP contribution in [0.15, 0.2) is 18.3 Å². The third-order valence-corrected chi connectivity index (χ3v) is 5.79. The van der Waals surface area contributed by atoms with Gasteiger partial charge in [0.05, 0.1) is 11.5 Å². The van der Waals surface area contributed by atoms with Crippen LogP contribution in [0.4, 0.5) is 19.0 Å². The molecule has 1 saturated carbocycles. The summed E-state index contributed by atoms with van der Waals surface area (Å²) in [4.78, 5) is 40.8. The number of pyridine rings is 1. The van der Waals surface area contributed by atoms with E-state index in [2.05, 4.69) is 26.5 Å². The fourth-order valence-electron chi connectivity index (χ4n) is 3.73. The first-order valence-corrected chi connectivity index (χ1v) is 9.78. The summed E-state index contributed by atoms with van der Waals surface area (Å²) >= 11 is 0. The Kier molecular flexibility index (Phi) is 6.18. The number of rotatable bonds is 4. The van der Waals surface area contributed by atoms with Crippen molar-refractivity contribution in [2.45, 2.75) is 51.2 Å². The molecule has 1 aliphatic heterocycles. The third kappa shape index (κ3) is 4.65. The molecule has 0 bridgehead atoms. The molecule has 2 fully saturated rings. The molecular weight excluding hydrogens is 403 g/mol. The fourth-order valence-corrected chi connectivity index (χ4v) is 3.73. The zero-order valence-corrected chi connectivity index (χ0v) is 16.4. The normalized spacial score (nSPS) is 26.6. The van der Waals surface area contributed by atoms with Gasteiger partial charge in [-0.3, -0.25) is 25.2 Å². The molecule has 30 heavy (non-hydrogen) atoms. The van der Waals surface area contributed by atoms with Crippen molar-refractivity contribution in [2.75, 3.05) is 11.9 Å². The maximum absolute atomic E-state index is 12.8. The molecule has 1 unspecified atom stereocenters. The summed E-state index contributed by atoms with van der Waals surface area (Å²) in [6.07, 6.45) is -1.75. The molecule has 2 aliphatic rings. The second-order valence-corrected chi connectivity index (χ2v) is 7.88. The molecule has 11 heteroatoms. The Labute approximate surface area is 171 Å². The van der Waals surface area contributed by atoms with Crippen molar-refractivity contribution in [3.05, 3.63) is 23.9 Å². The van der Waals surface area contributed by atoms with Crippen LogP contribution in [0.25, 0.3) is 0 Å². The van der Waals surface area contributed by atoms with Crippen LogP contribution in [0.5, 0.6) is 0 Å². The number of carbonyl (C=O) groups excluding carboxylic acids is 3. The van der Waals surface area contributed by atoms with Gasteiger partial charge in [0, 0.05) is 18.8 Å². The maximum Gasteiger partial charge on any atom is 0.391 e. The predicted molar refractivity (Wildman–Crippen MR) is 101 cm³/mol. The molecule has 0 aromatic carbocycles. The summed E-state index contributed by atoms with van der Waals surface area (Å²) in [6, 6.07) is 2.79. The molecule has 4 N–H and O–H groups in total. The Hall–Kier alpha value is -2.85. The van der Waals surface area contributed by atoms with E-state index in [-0.39, 0.29) is 30.3 Å². The number of hydrazine groups is 1. The number of anilines is 1. The summed E-state index contributed by atoms with van der Waals surface area (Å²) in [5, 5.41) is 5.62. The second-order valence-electron chi connectivity index (χ2n) is 7.88. The van der Waals surface area contributed by atoms with Crippen LogP contribution >= 0.6 is 0 Å². The third-order valence-electron chi connectivity index (χ3n) is 5.79. The molecule has 3 rings (SSSR count). The van der Waals surface area contributed by atoms with Crippen LogP contribution in [-0.2, 0) is 9.59 Å². The van der Waals surface area contributed by atoms with E-state index < -0.39 is 35.2 Å². The highest BCUT2D eigenvalue weighted by Gasteiger charge is 2.45. The quantitative estimate of drug-likeness (QED) is 0.433. The minimum Gasteiger partial charge on any atom is -0.367 e. The number of nitrogens with one attached hydrogen (secondary N) is 4. The monoisotopic (exact) mass is 427 g/mol. The molecule has 2 heterocycles. The highest BCUT2D eigenvalue weighted by atomic mass is 19.4. The number of halogens is 3. The molecule has 1 aliphatic carbocycles. The van der Waals surface area contributed by atoms with Gasteiger partial charge in [-0.15, -0.1) is 0 Å². The van der Waals surface area contributed by atoms with Gasteiger partial charge >= 0.3 is 6.18 Å². The number of amides is 3. The summed E-state index contributed by atoms with van der Waals surface area (Å²) in [5.74, 6) is -2.76. The van der Waals surface area contributed by atoms with E-state index >= 15 is 0 Å². The van der Waals surface area contributed by atoms with E-state index in [0.717, 1.165) is 0 Å². The largest absolute Gasteiger partial charge is 0.391 e. The van der Waals surface area contributed by atoms with Gasteiger partial charge in [-0.05, 0) is 51.2 Å². The number of carbonyl (C=O) groups is 3. The Balaban J connectivity index is 1.59. The Morgan fingerprint density at radius 2 is 1.90 bits per heavy atom. The number of nitrogens with zero attached hydrogens (tertiary/aromatic N) is 1. The maximum atomic E-state index is 12.8. The van der Waals surface area contributed by atoms with Gasteiger partial charge in [0.1, 0.15) is 11.2 Å². The Morgan fingerprint density at radius 3 is 2.50 bits per heavy atom. The van der Waals surface area contributed by atoms with Gasteiger partial charge in [0.15, 0.2) is 0 Å². The average Bonchev–Trinajstić information content (AvgIpc) is 3.05. The van der Waals surface area contributed by atoms with Crippen molar-refractivity contribution in [2.24, 2.45) is 11.3 Å². The lowest BCUT2D eigenvalue weighted by molar-refractivity contribution is -0.182. The lowest BCUT2D eigenvalue weighted by Gasteiger charge is -2.30. The molecular formula is C19H24F3N5O3. The van der Waals surface area contributed by atoms with E-state index in [1.165, 1.54) is 25.3 Å². The molecule has 8 nitrogen and oxygen atoms in total. The second kappa shape index (κ2) is 8.49. The van der Waals surface area contributed by atoms with Gasteiger partial charge in [-0.1, -0.05) is 0 Å². The zero-order valence-electron chi connectivity index (χ0n) is 16.4. The predicted octanol–water partition coefficient (Wildman–Crippen LogP) is 1.90. The van der Waals surface area contributed by atoms with Crippen molar-refractivity contribution in [1.82, 2.24) is 21.2 Å². The van der Waals surface area contributed by atoms with Gasteiger partial charge in [-0.25, -0.2) is 4.98 Å². The van der Waals surface area contributed by atoms with E-state index in [1.54, 1.807) is 0 Å². The standard InChI is InChI=1S/C19H24F3N5O3/c1-18(8-10-24-16(18)29)17(30)27-26-15(28)13-3-2-9-23-14(13)25-12-6-4-11(5-7-12)19(20,21)22/h2-3,9,11-12H,4-8,10H2,1H3,(H,23,25)(H,24,29)(H,26,28)(H,27,30). The van der Waals surface area contributed by atoms with Crippen LogP contribution in [-0.4, -0.2) is 41.5 Å². The first-order chi connectivity index (χ1) is 14.1. The van der Waals surface area contributed by atoms with Crippen LogP contribution in [0.3, 0.4) is 0 Å². The summed E-state index contributed by atoms with van der Waals surface area (Å²) in [5.41, 5.74) is 3.42. The van der Waals surface area contributed by atoms with E-state index in [4.69, 9.17) is 0 Å². The van der Waals surface area contributed by atoms with Crippen molar-refractivity contribution >= 4 is 23.5 Å². The smallest absolute Gasteiger partial charge is 0.367 e. The van der Waals surface area contributed by atoms with E-state index in [0.29, 0.717) is 25.8 Å². The molecule has 0 radical (unpaired) electrons. The first-order valence-electron chi connectivity index (χ1n) is 9.78. The number of alkyl halides is 3.